The second-order valence-electron chi connectivity index (χ2n) is 10.6. The molecular formula is C28H26F3N3O7. The van der Waals surface area contributed by atoms with Gasteiger partial charge in [-0.1, -0.05) is 6.92 Å². The highest BCUT2D eigenvalue weighted by Crippen LogP contribution is 2.45. The summed E-state index contributed by atoms with van der Waals surface area (Å²) in [4.78, 5) is 43.5. The number of benzene rings is 1. The number of hydrogen-bond donors (Lipinski definition) is 3. The lowest BCUT2D eigenvalue weighted by atomic mass is 9.81. The van der Waals surface area contributed by atoms with Crippen molar-refractivity contribution >= 4 is 22.8 Å². The Morgan fingerprint density at radius 1 is 1.29 bits per heavy atom. The first-order valence-corrected chi connectivity index (χ1v) is 13.1. The van der Waals surface area contributed by atoms with Crippen molar-refractivity contribution in [1.82, 2.24) is 14.9 Å². The van der Waals surface area contributed by atoms with E-state index in [1.807, 2.05) is 0 Å². The van der Waals surface area contributed by atoms with Gasteiger partial charge in [0.1, 0.15) is 25.6 Å². The molecule has 10 nitrogen and oxygen atoms in total. The molecule has 0 bridgehead atoms. The summed E-state index contributed by atoms with van der Waals surface area (Å²) in [7, 11) is 0. The maximum Gasteiger partial charge on any atom is 0.379 e. The SMILES string of the molecule is CC[C@@]1(O)C(=O)OCc2c1cc1n(c2=O)Cc2c-1nc1cc(F)c(C)c3c1c2[C@@H](NC(=O)COC(F)(F)CO)CC3. The summed E-state index contributed by atoms with van der Waals surface area (Å²) in [6, 6.07) is 2.10. The van der Waals surface area contributed by atoms with Crippen LogP contribution < -0.4 is 10.9 Å². The maximum atomic E-state index is 15.0. The van der Waals surface area contributed by atoms with E-state index in [0.29, 0.717) is 51.9 Å². The third-order valence-electron chi connectivity index (χ3n) is 8.31. The van der Waals surface area contributed by atoms with Gasteiger partial charge in [-0.2, -0.15) is 8.78 Å². The molecule has 2 aromatic heterocycles. The summed E-state index contributed by atoms with van der Waals surface area (Å²) in [5.41, 5.74) is 0.933. The van der Waals surface area contributed by atoms with Crippen LogP contribution in [0.3, 0.4) is 0 Å². The number of alkyl halides is 2. The number of carbonyl (C=O) groups is 2. The molecule has 13 heteroatoms. The van der Waals surface area contributed by atoms with Gasteiger partial charge >= 0.3 is 12.1 Å². The third-order valence-corrected chi connectivity index (χ3v) is 8.31. The molecule has 2 aliphatic heterocycles. The van der Waals surface area contributed by atoms with Crippen LogP contribution in [0.1, 0.15) is 59.2 Å². The van der Waals surface area contributed by atoms with E-state index in [9.17, 15) is 32.7 Å². The van der Waals surface area contributed by atoms with Gasteiger partial charge < -0.3 is 29.6 Å². The highest BCUT2D eigenvalue weighted by Gasteiger charge is 2.46. The number of hydrogen-bond acceptors (Lipinski definition) is 8. The van der Waals surface area contributed by atoms with Gasteiger partial charge in [0.05, 0.1) is 35.1 Å². The van der Waals surface area contributed by atoms with Crippen molar-refractivity contribution in [1.29, 1.82) is 0 Å². The summed E-state index contributed by atoms with van der Waals surface area (Å²) in [6.07, 6.45) is -3.24. The normalized spacial score (nSPS) is 20.9. The van der Waals surface area contributed by atoms with Crippen molar-refractivity contribution in [3.63, 3.8) is 0 Å². The van der Waals surface area contributed by atoms with Gasteiger partial charge in [0.15, 0.2) is 5.60 Å². The van der Waals surface area contributed by atoms with Gasteiger partial charge in [0.2, 0.25) is 5.91 Å². The largest absolute Gasteiger partial charge is 0.458 e. The number of carbonyl (C=O) groups excluding carboxylic acids is 2. The third kappa shape index (κ3) is 4.05. The van der Waals surface area contributed by atoms with Gasteiger partial charge in [-0.3, -0.25) is 9.59 Å². The van der Waals surface area contributed by atoms with E-state index >= 15 is 0 Å². The molecule has 0 unspecified atom stereocenters. The van der Waals surface area contributed by atoms with E-state index in [1.54, 1.807) is 13.8 Å². The predicted molar refractivity (Wildman–Crippen MR) is 136 cm³/mol. The molecule has 0 fully saturated rings. The van der Waals surface area contributed by atoms with Crippen LogP contribution >= 0.6 is 0 Å². The number of amides is 1. The molecule has 0 radical (unpaired) electrons. The number of nitrogens with zero attached hydrogens (tertiary/aromatic N) is 2. The molecular weight excluding hydrogens is 547 g/mol. The van der Waals surface area contributed by atoms with Crippen LogP contribution in [0.15, 0.2) is 16.9 Å². The minimum Gasteiger partial charge on any atom is -0.458 e. The van der Waals surface area contributed by atoms with Crippen LogP contribution in [-0.4, -0.2) is 51.0 Å². The summed E-state index contributed by atoms with van der Waals surface area (Å²) < 4.78 is 52.5. The highest BCUT2D eigenvalue weighted by atomic mass is 19.3. The number of rotatable bonds is 6. The number of pyridine rings is 2. The number of aliphatic hydroxyl groups is 2. The molecule has 4 heterocycles. The topological polar surface area (TPSA) is 140 Å². The lowest BCUT2D eigenvalue weighted by Crippen LogP contribution is -2.44. The second-order valence-corrected chi connectivity index (χ2v) is 10.6. The Morgan fingerprint density at radius 2 is 2.05 bits per heavy atom. The minimum absolute atomic E-state index is 0.0366. The Labute approximate surface area is 230 Å². The molecule has 0 saturated heterocycles. The quantitative estimate of drug-likeness (QED) is 0.299. The van der Waals surface area contributed by atoms with Gasteiger partial charge in [-0.25, -0.2) is 14.2 Å². The highest BCUT2D eigenvalue weighted by molar-refractivity contribution is 5.94. The van der Waals surface area contributed by atoms with Crippen LogP contribution in [0.25, 0.3) is 22.3 Å². The molecule has 2 atom stereocenters. The van der Waals surface area contributed by atoms with Gasteiger partial charge in [0, 0.05) is 22.6 Å². The summed E-state index contributed by atoms with van der Waals surface area (Å²) in [5.74, 6) is -2.19. The first kappa shape index (κ1) is 27.4. The van der Waals surface area contributed by atoms with E-state index < -0.39 is 54.2 Å². The molecule has 1 aromatic carbocycles. The zero-order valence-corrected chi connectivity index (χ0v) is 22.1. The van der Waals surface area contributed by atoms with Crippen LogP contribution in [0, 0.1) is 12.7 Å². The Kier molecular flexibility index (Phi) is 6.25. The molecule has 3 N–H and O–H groups in total. The van der Waals surface area contributed by atoms with Gasteiger partial charge in [-0.15, -0.1) is 0 Å². The number of cyclic esters (lactones) is 1. The number of aryl methyl sites for hydroxylation is 1. The number of fused-ring (bicyclic) bond motifs is 5. The zero-order chi connectivity index (χ0) is 29.4. The van der Waals surface area contributed by atoms with Crippen molar-refractivity contribution < 1.29 is 42.4 Å². The van der Waals surface area contributed by atoms with E-state index in [4.69, 9.17) is 14.8 Å². The molecule has 3 aromatic rings. The standard InChI is InChI=1S/C28H26F3N3O7/c1-3-27(39)16-6-20-24-14(8-34(20)25(37)15(16)9-40-26(27)38)23-18(32-21(36)10-41-28(30,31)11-35)5-4-13-12(2)17(29)7-19(33-24)22(13)23/h6-7,18,35,39H,3-5,8-11H2,1-2H3,(H,32,36)/t18-,27-/m0/s1. The summed E-state index contributed by atoms with van der Waals surface area (Å²) in [5, 5.41) is 23.2. The Bertz CT molecular complexity index is 1720. The van der Waals surface area contributed by atoms with Crippen molar-refractivity contribution in [2.75, 3.05) is 13.2 Å². The first-order chi connectivity index (χ1) is 19.4. The van der Waals surface area contributed by atoms with Gasteiger partial charge in [0.25, 0.3) is 5.56 Å². The lowest BCUT2D eigenvalue weighted by molar-refractivity contribution is -0.254. The Morgan fingerprint density at radius 3 is 2.76 bits per heavy atom. The number of nitrogens with one attached hydrogen (secondary N) is 1. The first-order valence-electron chi connectivity index (χ1n) is 13.1. The molecule has 6 rings (SSSR count). The molecule has 1 amide bonds. The minimum atomic E-state index is -3.89. The molecule has 3 aliphatic rings. The van der Waals surface area contributed by atoms with Crippen molar-refractivity contribution in [2.24, 2.45) is 0 Å². The zero-order valence-electron chi connectivity index (χ0n) is 22.1. The number of aliphatic hydroxyl groups excluding tert-OH is 1. The average Bonchev–Trinajstić information content (AvgIpc) is 3.32. The van der Waals surface area contributed by atoms with Crippen molar-refractivity contribution in [3.8, 4) is 11.4 Å². The average molecular weight is 574 g/mol. The number of aromatic nitrogens is 2. The number of ether oxygens (including phenoxy) is 2. The fourth-order valence-electron chi connectivity index (χ4n) is 6.15. The van der Waals surface area contributed by atoms with E-state index in [0.717, 1.165) is 0 Å². The molecule has 41 heavy (non-hydrogen) atoms. The monoisotopic (exact) mass is 573 g/mol. The fourth-order valence-corrected chi connectivity index (χ4v) is 6.15. The van der Waals surface area contributed by atoms with Crippen LogP contribution in [0.5, 0.6) is 0 Å². The molecule has 0 saturated carbocycles. The number of esters is 1. The van der Waals surface area contributed by atoms with E-state index in [2.05, 4.69) is 10.1 Å². The summed E-state index contributed by atoms with van der Waals surface area (Å²) in [6.45, 7) is 0.369. The predicted octanol–water partition coefficient (Wildman–Crippen LogP) is 2.23. The van der Waals surface area contributed by atoms with Crippen LogP contribution in [-0.2, 0) is 44.2 Å². The smallest absolute Gasteiger partial charge is 0.379 e. The molecule has 216 valence electrons. The van der Waals surface area contributed by atoms with Crippen LogP contribution in [0.4, 0.5) is 13.2 Å². The number of halogens is 3. The Hall–Kier alpha value is -3.81. The molecule has 0 spiro atoms. The maximum absolute atomic E-state index is 15.0. The summed E-state index contributed by atoms with van der Waals surface area (Å²) >= 11 is 0. The second kappa shape index (κ2) is 9.36. The van der Waals surface area contributed by atoms with Crippen molar-refractivity contribution in [3.05, 3.63) is 61.7 Å². The van der Waals surface area contributed by atoms with Gasteiger partial charge in [-0.05, 0) is 48.9 Å². The Balaban J connectivity index is 1.52. The fraction of sp³-hybridized carbons (Fsp3) is 0.429. The van der Waals surface area contributed by atoms with E-state index in [-0.39, 0.29) is 36.2 Å². The van der Waals surface area contributed by atoms with Crippen molar-refractivity contribution in [2.45, 2.75) is 64.0 Å². The van der Waals surface area contributed by atoms with E-state index in [1.165, 1.54) is 16.7 Å². The lowest BCUT2D eigenvalue weighted by Gasteiger charge is -2.31. The van der Waals surface area contributed by atoms with Crippen LogP contribution in [0.2, 0.25) is 0 Å². The molecule has 1 aliphatic carbocycles.